The summed E-state index contributed by atoms with van der Waals surface area (Å²) < 4.78 is 0. The normalized spacial score (nSPS) is 11.1. The van der Waals surface area contributed by atoms with E-state index in [1.807, 2.05) is 42.6 Å². The zero-order valence-electron chi connectivity index (χ0n) is 14.9. The highest BCUT2D eigenvalue weighted by Gasteiger charge is 2.05. The Morgan fingerprint density at radius 3 is 2.07 bits per heavy atom. The largest absolute Gasteiger partial charge is 0.331 e. The van der Waals surface area contributed by atoms with Crippen molar-refractivity contribution < 1.29 is 0 Å². The van der Waals surface area contributed by atoms with Crippen LogP contribution in [0, 0.1) is 6.92 Å². The van der Waals surface area contributed by atoms with Gasteiger partial charge in [-0.1, -0.05) is 66.2 Å². The smallest absolute Gasteiger partial charge is 0.191 e. The molecule has 0 saturated heterocycles. The number of nitrogens with one attached hydrogen (secondary N) is 2. The molecular formula is C23H19N3S. The first kappa shape index (κ1) is 17.2. The summed E-state index contributed by atoms with van der Waals surface area (Å²) in [5.41, 5.74) is 6.13. The topological polar surface area (TPSA) is 36.4 Å². The van der Waals surface area contributed by atoms with Crippen LogP contribution in [0.3, 0.4) is 0 Å². The average molecular weight is 369 g/mol. The first-order chi connectivity index (χ1) is 13.2. The molecule has 0 aliphatic rings. The highest BCUT2D eigenvalue weighted by molar-refractivity contribution is 7.80. The summed E-state index contributed by atoms with van der Waals surface area (Å²) in [6, 6.07) is 26.9. The van der Waals surface area contributed by atoms with Gasteiger partial charge in [-0.25, -0.2) is 0 Å². The summed E-state index contributed by atoms with van der Waals surface area (Å²) in [6.45, 7) is 2.05. The van der Waals surface area contributed by atoms with E-state index >= 15 is 0 Å². The number of hydrogen-bond donors (Lipinski definition) is 2. The molecule has 3 nitrogen and oxygen atoms in total. The number of nitrogens with zero attached hydrogens (tertiary/aromatic N) is 1. The van der Waals surface area contributed by atoms with Gasteiger partial charge in [0.15, 0.2) is 5.11 Å². The maximum absolute atomic E-state index is 5.34. The van der Waals surface area contributed by atoms with Gasteiger partial charge >= 0.3 is 0 Å². The number of hydrogen-bond acceptors (Lipinski definition) is 2. The number of thiocarbonyl (C=S) groups is 1. The minimum absolute atomic E-state index is 0.458. The minimum atomic E-state index is 0.458. The maximum atomic E-state index is 5.34. The molecule has 27 heavy (non-hydrogen) atoms. The summed E-state index contributed by atoms with van der Waals surface area (Å²) in [5.74, 6) is 0. The second-order valence-corrected chi connectivity index (χ2v) is 6.83. The molecule has 0 radical (unpaired) electrons. The van der Waals surface area contributed by atoms with Crippen LogP contribution in [0.5, 0.6) is 0 Å². The lowest BCUT2D eigenvalue weighted by Gasteiger charge is -2.09. The van der Waals surface area contributed by atoms with Crippen LogP contribution < -0.4 is 10.7 Å². The monoisotopic (exact) mass is 369 g/mol. The first-order valence-electron chi connectivity index (χ1n) is 8.78. The van der Waals surface area contributed by atoms with Crippen molar-refractivity contribution in [3.05, 3.63) is 90.0 Å². The fraction of sp³-hybridized carbons (Fsp3) is 0.0435. The molecule has 0 bridgehead atoms. The van der Waals surface area contributed by atoms with E-state index in [1.165, 1.54) is 27.1 Å². The molecule has 0 spiro atoms. The summed E-state index contributed by atoms with van der Waals surface area (Å²) in [4.78, 5) is 0. The molecule has 4 heteroatoms. The molecule has 0 aliphatic heterocycles. The molecule has 4 rings (SSSR count). The third-order valence-corrected chi connectivity index (χ3v) is 4.68. The van der Waals surface area contributed by atoms with Gasteiger partial charge in [-0.15, -0.1) is 0 Å². The predicted molar refractivity (Wildman–Crippen MR) is 120 cm³/mol. The number of anilines is 1. The Balaban J connectivity index is 1.60. The van der Waals surface area contributed by atoms with Gasteiger partial charge in [0.25, 0.3) is 0 Å². The van der Waals surface area contributed by atoms with Crippen molar-refractivity contribution in [3.8, 4) is 0 Å². The van der Waals surface area contributed by atoms with Crippen LogP contribution in [-0.4, -0.2) is 11.3 Å². The number of rotatable bonds is 3. The van der Waals surface area contributed by atoms with Crippen molar-refractivity contribution in [1.82, 2.24) is 5.43 Å². The van der Waals surface area contributed by atoms with Gasteiger partial charge in [-0.05, 0) is 58.9 Å². The standard InChI is InChI=1S/C23H19N3S/c1-16-10-12-19(13-11-16)25-23(27)26-24-15-22-20-8-4-2-6-17(20)14-18-7-3-5-9-21(18)22/h2-15H,1H3,(H2,25,26,27)/b24-15+. The summed E-state index contributed by atoms with van der Waals surface area (Å²) >= 11 is 5.34. The Morgan fingerprint density at radius 1 is 0.852 bits per heavy atom. The quantitative estimate of drug-likeness (QED) is 0.213. The third kappa shape index (κ3) is 3.81. The first-order valence-corrected chi connectivity index (χ1v) is 9.19. The molecule has 4 aromatic rings. The Hall–Kier alpha value is -3.24. The molecule has 2 N–H and O–H groups in total. The SMILES string of the molecule is Cc1ccc(NC(=S)N/N=C/c2c3ccccc3cc3ccccc23)cc1. The molecule has 0 aliphatic carbocycles. The van der Waals surface area contributed by atoms with Crippen LogP contribution in [0.1, 0.15) is 11.1 Å². The van der Waals surface area contributed by atoms with Crippen molar-refractivity contribution in [2.75, 3.05) is 5.32 Å². The Labute approximate surface area is 163 Å². The van der Waals surface area contributed by atoms with Gasteiger partial charge < -0.3 is 5.32 Å². The lowest BCUT2D eigenvalue weighted by molar-refractivity contribution is 1.05. The van der Waals surface area contributed by atoms with E-state index in [2.05, 4.69) is 65.2 Å². The Bertz CT molecular complexity index is 1090. The molecule has 0 aromatic heterocycles. The fourth-order valence-corrected chi connectivity index (χ4v) is 3.31. The fourth-order valence-electron chi connectivity index (χ4n) is 3.14. The molecular weight excluding hydrogens is 350 g/mol. The van der Waals surface area contributed by atoms with E-state index in [9.17, 15) is 0 Å². The summed E-state index contributed by atoms with van der Waals surface area (Å²) in [6.07, 6.45) is 1.84. The van der Waals surface area contributed by atoms with E-state index in [0.29, 0.717) is 5.11 Å². The number of hydrazone groups is 1. The molecule has 0 fully saturated rings. The van der Waals surface area contributed by atoms with Gasteiger partial charge in [-0.2, -0.15) is 5.10 Å². The lowest BCUT2D eigenvalue weighted by Crippen LogP contribution is -2.23. The van der Waals surface area contributed by atoms with Crippen LogP contribution in [0.15, 0.2) is 84.0 Å². The molecule has 0 heterocycles. The van der Waals surface area contributed by atoms with Crippen LogP contribution in [0.4, 0.5) is 5.69 Å². The number of benzene rings is 4. The lowest BCUT2D eigenvalue weighted by atomic mass is 9.97. The second-order valence-electron chi connectivity index (χ2n) is 6.42. The minimum Gasteiger partial charge on any atom is -0.331 e. The highest BCUT2D eigenvalue weighted by atomic mass is 32.1. The number of fused-ring (bicyclic) bond motifs is 2. The molecule has 0 amide bonds. The predicted octanol–water partition coefficient (Wildman–Crippen LogP) is 5.62. The Morgan fingerprint density at radius 2 is 1.44 bits per heavy atom. The van der Waals surface area contributed by atoms with Crippen LogP contribution in [0.25, 0.3) is 21.5 Å². The van der Waals surface area contributed by atoms with Crippen molar-refractivity contribution in [3.63, 3.8) is 0 Å². The molecule has 0 atom stereocenters. The second kappa shape index (κ2) is 7.56. The van der Waals surface area contributed by atoms with Crippen molar-refractivity contribution in [2.45, 2.75) is 6.92 Å². The van der Waals surface area contributed by atoms with Gasteiger partial charge in [0.1, 0.15) is 0 Å². The Kier molecular flexibility index (Phi) is 4.81. The zero-order valence-corrected chi connectivity index (χ0v) is 15.8. The van der Waals surface area contributed by atoms with Crippen LogP contribution >= 0.6 is 12.2 Å². The van der Waals surface area contributed by atoms with Crippen LogP contribution in [-0.2, 0) is 0 Å². The van der Waals surface area contributed by atoms with Gasteiger partial charge in [-0.3, -0.25) is 5.43 Å². The van der Waals surface area contributed by atoms with Gasteiger partial charge in [0.05, 0.1) is 6.21 Å². The van der Waals surface area contributed by atoms with Gasteiger partial charge in [0, 0.05) is 11.3 Å². The summed E-state index contributed by atoms with van der Waals surface area (Å²) in [5, 5.41) is 12.7. The van der Waals surface area contributed by atoms with Crippen molar-refractivity contribution >= 4 is 50.8 Å². The molecule has 4 aromatic carbocycles. The van der Waals surface area contributed by atoms with E-state index in [0.717, 1.165) is 11.3 Å². The van der Waals surface area contributed by atoms with E-state index < -0.39 is 0 Å². The van der Waals surface area contributed by atoms with Crippen molar-refractivity contribution in [2.24, 2.45) is 5.10 Å². The third-order valence-electron chi connectivity index (χ3n) is 4.48. The van der Waals surface area contributed by atoms with Crippen molar-refractivity contribution in [1.29, 1.82) is 0 Å². The molecule has 132 valence electrons. The highest BCUT2D eigenvalue weighted by Crippen LogP contribution is 2.27. The zero-order chi connectivity index (χ0) is 18.6. The van der Waals surface area contributed by atoms with Crippen LogP contribution in [0.2, 0.25) is 0 Å². The maximum Gasteiger partial charge on any atom is 0.191 e. The number of aryl methyl sites for hydroxylation is 1. The average Bonchev–Trinajstić information content (AvgIpc) is 2.69. The molecule has 0 saturated carbocycles. The van der Waals surface area contributed by atoms with E-state index in [1.54, 1.807) is 0 Å². The molecule has 0 unspecified atom stereocenters. The van der Waals surface area contributed by atoms with E-state index in [-0.39, 0.29) is 0 Å². The van der Waals surface area contributed by atoms with E-state index in [4.69, 9.17) is 12.2 Å². The van der Waals surface area contributed by atoms with Gasteiger partial charge in [0.2, 0.25) is 0 Å². The summed E-state index contributed by atoms with van der Waals surface area (Å²) in [7, 11) is 0.